The second-order valence-corrected chi connectivity index (χ2v) is 8.00. The van der Waals surface area contributed by atoms with Gasteiger partial charge in [0.15, 0.2) is 5.17 Å². The van der Waals surface area contributed by atoms with Crippen LogP contribution in [-0.4, -0.2) is 27.9 Å². The molecular formula is C19H23FN4O2S. The number of thioether (sulfide) groups is 1. The lowest BCUT2D eigenvalue weighted by atomic mass is 9.86. The number of amides is 2. The van der Waals surface area contributed by atoms with E-state index < -0.39 is 17.0 Å². The predicted molar refractivity (Wildman–Crippen MR) is 106 cm³/mol. The first-order valence-corrected chi connectivity index (χ1v) is 10.0. The fourth-order valence-electron chi connectivity index (χ4n) is 3.25. The fourth-order valence-corrected chi connectivity index (χ4v) is 4.16. The van der Waals surface area contributed by atoms with Gasteiger partial charge in [0, 0.05) is 12.1 Å². The van der Waals surface area contributed by atoms with Gasteiger partial charge in [-0.05, 0) is 37.8 Å². The van der Waals surface area contributed by atoms with Crippen LogP contribution >= 0.6 is 11.8 Å². The quantitative estimate of drug-likeness (QED) is 0.594. The van der Waals surface area contributed by atoms with Gasteiger partial charge in [-0.15, -0.1) is 5.10 Å². The molecule has 1 aliphatic carbocycles. The summed E-state index contributed by atoms with van der Waals surface area (Å²) in [7, 11) is 0. The van der Waals surface area contributed by atoms with Gasteiger partial charge in [-0.1, -0.05) is 43.2 Å². The monoisotopic (exact) mass is 390 g/mol. The SMILES string of the molecule is C/C(=N/N=C1\NC(=O)[C@H](CC(=O)Nc2ccccc2F)S1)C1CCCCC1. The van der Waals surface area contributed by atoms with Gasteiger partial charge in [-0.25, -0.2) is 4.39 Å². The van der Waals surface area contributed by atoms with Gasteiger partial charge in [0.25, 0.3) is 0 Å². The van der Waals surface area contributed by atoms with Crippen LogP contribution in [0.2, 0.25) is 0 Å². The highest BCUT2D eigenvalue weighted by atomic mass is 32.2. The zero-order valence-corrected chi connectivity index (χ0v) is 16.0. The maximum Gasteiger partial charge on any atom is 0.240 e. The molecule has 2 N–H and O–H groups in total. The Kier molecular flexibility index (Phi) is 6.60. The number of hydrogen-bond donors (Lipinski definition) is 2. The molecule has 1 saturated heterocycles. The summed E-state index contributed by atoms with van der Waals surface area (Å²) in [6.45, 7) is 1.97. The molecule has 2 fully saturated rings. The molecule has 1 aromatic rings. The van der Waals surface area contributed by atoms with Crippen molar-refractivity contribution in [1.82, 2.24) is 5.32 Å². The van der Waals surface area contributed by atoms with Crippen molar-refractivity contribution in [3.8, 4) is 0 Å². The van der Waals surface area contributed by atoms with Crippen LogP contribution in [0, 0.1) is 11.7 Å². The molecule has 3 rings (SSSR count). The summed E-state index contributed by atoms with van der Waals surface area (Å²) < 4.78 is 13.6. The third-order valence-corrected chi connectivity index (χ3v) is 5.86. The first kappa shape index (κ1) is 19.5. The normalized spacial score (nSPS) is 22.7. The van der Waals surface area contributed by atoms with E-state index in [1.165, 1.54) is 43.2 Å². The van der Waals surface area contributed by atoms with E-state index in [9.17, 15) is 14.0 Å². The third kappa shape index (κ3) is 5.38. The van der Waals surface area contributed by atoms with Crippen LogP contribution in [0.15, 0.2) is 34.5 Å². The molecule has 144 valence electrons. The molecule has 0 aromatic heterocycles. The third-order valence-electron chi connectivity index (χ3n) is 4.79. The Balaban J connectivity index is 1.55. The van der Waals surface area contributed by atoms with E-state index in [0.717, 1.165) is 18.6 Å². The Hall–Kier alpha value is -2.22. The van der Waals surface area contributed by atoms with Crippen LogP contribution in [0.1, 0.15) is 45.4 Å². The Labute approximate surface area is 162 Å². The first-order valence-electron chi connectivity index (χ1n) is 9.17. The lowest BCUT2D eigenvalue weighted by Gasteiger charge is -2.20. The Morgan fingerprint density at radius 1 is 1.30 bits per heavy atom. The lowest BCUT2D eigenvalue weighted by molar-refractivity contribution is -0.122. The van der Waals surface area contributed by atoms with Crippen LogP contribution in [0.3, 0.4) is 0 Å². The standard InChI is InChI=1S/C19H23FN4O2S/c1-12(13-7-3-2-4-8-13)23-24-19-22-18(26)16(27-19)11-17(25)21-15-10-6-5-9-14(15)20/h5-6,9-10,13,16H,2-4,7-8,11H2,1H3,(H,21,25)(H,22,24,26)/b23-12-/t16-/m0/s1. The number of carbonyl (C=O) groups is 2. The van der Waals surface area contributed by atoms with Gasteiger partial charge in [-0.3, -0.25) is 9.59 Å². The summed E-state index contributed by atoms with van der Waals surface area (Å²) in [5.74, 6) is -0.749. The molecule has 1 atom stereocenters. The Bertz CT molecular complexity index is 775. The molecule has 2 amide bonds. The number of carbonyl (C=O) groups excluding carboxylic acids is 2. The van der Waals surface area contributed by atoms with Crippen LogP contribution in [0.25, 0.3) is 0 Å². The molecule has 0 spiro atoms. The van der Waals surface area contributed by atoms with Crippen molar-refractivity contribution in [2.75, 3.05) is 5.32 Å². The summed E-state index contributed by atoms with van der Waals surface area (Å²) >= 11 is 1.18. The maximum absolute atomic E-state index is 13.6. The van der Waals surface area contributed by atoms with E-state index in [0.29, 0.717) is 11.1 Å². The molecule has 27 heavy (non-hydrogen) atoms. The topological polar surface area (TPSA) is 82.9 Å². The average Bonchev–Trinajstić information content (AvgIpc) is 3.01. The second-order valence-electron chi connectivity index (χ2n) is 6.81. The minimum Gasteiger partial charge on any atom is -0.324 e. The summed E-state index contributed by atoms with van der Waals surface area (Å²) in [6.07, 6.45) is 5.94. The summed E-state index contributed by atoms with van der Waals surface area (Å²) in [4.78, 5) is 24.2. The van der Waals surface area contributed by atoms with Crippen LogP contribution < -0.4 is 10.6 Å². The summed E-state index contributed by atoms with van der Waals surface area (Å²) in [6, 6.07) is 5.92. The van der Waals surface area contributed by atoms with E-state index in [4.69, 9.17) is 0 Å². The van der Waals surface area contributed by atoms with E-state index in [1.54, 1.807) is 12.1 Å². The molecule has 1 saturated carbocycles. The van der Waals surface area contributed by atoms with Gasteiger partial charge in [0.05, 0.1) is 5.69 Å². The van der Waals surface area contributed by atoms with E-state index >= 15 is 0 Å². The van der Waals surface area contributed by atoms with E-state index in [-0.39, 0.29) is 18.0 Å². The van der Waals surface area contributed by atoms with Gasteiger partial charge in [0.2, 0.25) is 11.8 Å². The second kappa shape index (κ2) is 9.12. The smallest absolute Gasteiger partial charge is 0.240 e. The molecule has 1 aromatic carbocycles. The van der Waals surface area contributed by atoms with Gasteiger partial charge in [-0.2, -0.15) is 5.10 Å². The van der Waals surface area contributed by atoms with Crippen LogP contribution in [-0.2, 0) is 9.59 Å². The minimum atomic E-state index is -0.597. The summed E-state index contributed by atoms with van der Waals surface area (Å²) in [5, 5.41) is 13.4. The molecule has 0 radical (unpaired) electrons. The number of para-hydroxylation sites is 1. The number of nitrogens with one attached hydrogen (secondary N) is 2. The van der Waals surface area contributed by atoms with Crippen molar-refractivity contribution >= 4 is 40.1 Å². The molecule has 8 heteroatoms. The van der Waals surface area contributed by atoms with Crippen molar-refractivity contribution in [2.24, 2.45) is 16.1 Å². The van der Waals surface area contributed by atoms with Crippen LogP contribution in [0.5, 0.6) is 0 Å². The Morgan fingerprint density at radius 3 is 2.78 bits per heavy atom. The minimum absolute atomic E-state index is 0.0603. The van der Waals surface area contributed by atoms with Crippen molar-refractivity contribution in [3.05, 3.63) is 30.1 Å². The van der Waals surface area contributed by atoms with Gasteiger partial charge < -0.3 is 10.6 Å². The van der Waals surface area contributed by atoms with Gasteiger partial charge in [0.1, 0.15) is 11.1 Å². The lowest BCUT2D eigenvalue weighted by Crippen LogP contribution is -2.28. The molecule has 2 aliphatic rings. The van der Waals surface area contributed by atoms with E-state index in [1.807, 2.05) is 6.92 Å². The average molecular weight is 390 g/mol. The summed E-state index contributed by atoms with van der Waals surface area (Å²) in [5.41, 5.74) is 1.09. The maximum atomic E-state index is 13.6. The Morgan fingerprint density at radius 2 is 2.04 bits per heavy atom. The van der Waals surface area contributed by atoms with Gasteiger partial charge >= 0.3 is 0 Å². The molecule has 1 aliphatic heterocycles. The molecule has 6 nitrogen and oxygen atoms in total. The molecule has 0 bridgehead atoms. The highest BCUT2D eigenvalue weighted by Gasteiger charge is 2.32. The van der Waals surface area contributed by atoms with Crippen molar-refractivity contribution in [2.45, 2.75) is 50.7 Å². The first-order chi connectivity index (χ1) is 13.0. The highest BCUT2D eigenvalue weighted by molar-refractivity contribution is 8.15. The van der Waals surface area contributed by atoms with Crippen LogP contribution in [0.4, 0.5) is 10.1 Å². The largest absolute Gasteiger partial charge is 0.324 e. The number of hydrogen-bond acceptors (Lipinski definition) is 5. The predicted octanol–water partition coefficient (Wildman–Crippen LogP) is 3.70. The van der Waals surface area contributed by atoms with Crippen molar-refractivity contribution < 1.29 is 14.0 Å². The van der Waals surface area contributed by atoms with E-state index in [2.05, 4.69) is 20.8 Å². The fraction of sp³-hybridized carbons (Fsp3) is 0.474. The number of nitrogens with zero attached hydrogens (tertiary/aromatic N) is 2. The molecular weight excluding hydrogens is 367 g/mol. The number of halogens is 1. The zero-order chi connectivity index (χ0) is 19.2. The number of anilines is 1. The number of amidine groups is 1. The van der Waals surface area contributed by atoms with Crippen molar-refractivity contribution in [3.63, 3.8) is 0 Å². The van der Waals surface area contributed by atoms with Crippen molar-refractivity contribution in [1.29, 1.82) is 0 Å². The molecule has 1 heterocycles. The molecule has 0 unspecified atom stereocenters. The highest BCUT2D eigenvalue weighted by Crippen LogP contribution is 2.26. The zero-order valence-electron chi connectivity index (χ0n) is 15.2. The number of benzene rings is 1. The number of rotatable bonds is 5.